The van der Waals surface area contributed by atoms with Crippen LogP contribution in [0.15, 0.2) is 0 Å². The third-order valence-electron chi connectivity index (χ3n) is 1.27. The second-order valence-electron chi connectivity index (χ2n) is 2.10. The number of hydrogen-bond acceptors (Lipinski definition) is 5. The van der Waals surface area contributed by atoms with Crippen LogP contribution in [0.5, 0.6) is 0 Å². The van der Waals surface area contributed by atoms with E-state index in [1.807, 2.05) is 0 Å². The first-order chi connectivity index (χ1) is 4.63. The second kappa shape index (κ2) is 4.59. The lowest BCUT2D eigenvalue weighted by Gasteiger charge is -2.19. The summed E-state index contributed by atoms with van der Waals surface area (Å²) in [5.41, 5.74) is 10.0. The molecule has 0 aliphatic rings. The van der Waals surface area contributed by atoms with Crippen LogP contribution in [0.2, 0.25) is 0 Å². The van der Waals surface area contributed by atoms with E-state index in [1.165, 1.54) is 0 Å². The SMILES string of the molecule is NC[C@H](O)C(O)[C@@H](O)CN. The molecule has 10 heavy (non-hydrogen) atoms. The molecule has 0 aliphatic carbocycles. The van der Waals surface area contributed by atoms with Gasteiger partial charge in [-0.05, 0) is 0 Å². The highest BCUT2D eigenvalue weighted by atomic mass is 16.4. The molecule has 2 atom stereocenters. The largest absolute Gasteiger partial charge is 0.389 e. The summed E-state index contributed by atoms with van der Waals surface area (Å²) in [5, 5.41) is 26.6. The minimum atomic E-state index is -1.24. The average molecular weight is 150 g/mol. The molecule has 0 unspecified atom stereocenters. The summed E-state index contributed by atoms with van der Waals surface area (Å²) in [6.45, 7) is -0.170. The molecule has 0 saturated heterocycles. The van der Waals surface area contributed by atoms with Crippen molar-refractivity contribution >= 4 is 0 Å². The highest BCUT2D eigenvalue weighted by Crippen LogP contribution is 1.96. The molecule has 0 heterocycles. The Labute approximate surface area is 59.3 Å². The topological polar surface area (TPSA) is 113 Å². The predicted octanol–water partition coefficient (Wildman–Crippen LogP) is -3.01. The fourth-order valence-corrected chi connectivity index (χ4v) is 0.535. The summed E-state index contributed by atoms with van der Waals surface area (Å²) in [4.78, 5) is 0. The summed E-state index contributed by atoms with van der Waals surface area (Å²) in [6, 6.07) is 0. The quantitative estimate of drug-likeness (QED) is 0.293. The Morgan fingerprint density at radius 1 is 0.900 bits per heavy atom. The minimum Gasteiger partial charge on any atom is -0.389 e. The van der Waals surface area contributed by atoms with Crippen molar-refractivity contribution in [1.29, 1.82) is 0 Å². The molecule has 0 radical (unpaired) electrons. The van der Waals surface area contributed by atoms with Crippen molar-refractivity contribution in [3.63, 3.8) is 0 Å². The predicted molar refractivity (Wildman–Crippen MR) is 36.1 cm³/mol. The lowest BCUT2D eigenvalue weighted by molar-refractivity contribution is -0.0509. The summed E-state index contributed by atoms with van der Waals surface area (Å²) >= 11 is 0. The van der Waals surface area contributed by atoms with Gasteiger partial charge in [-0.1, -0.05) is 0 Å². The molecule has 0 rings (SSSR count). The lowest BCUT2D eigenvalue weighted by Crippen LogP contribution is -2.44. The highest BCUT2D eigenvalue weighted by molar-refractivity contribution is 4.75. The van der Waals surface area contributed by atoms with Crippen LogP contribution in [0.4, 0.5) is 0 Å². The molecule has 0 fully saturated rings. The fourth-order valence-electron chi connectivity index (χ4n) is 0.535. The molecule has 5 nitrogen and oxygen atoms in total. The fraction of sp³-hybridized carbons (Fsp3) is 1.00. The molecule has 0 aliphatic heterocycles. The van der Waals surface area contributed by atoms with Crippen LogP contribution < -0.4 is 11.5 Å². The van der Waals surface area contributed by atoms with E-state index in [4.69, 9.17) is 26.8 Å². The van der Waals surface area contributed by atoms with Gasteiger partial charge >= 0.3 is 0 Å². The molecule has 0 amide bonds. The Hall–Kier alpha value is -0.200. The maximum Gasteiger partial charge on any atom is 0.108 e. The van der Waals surface area contributed by atoms with E-state index in [0.29, 0.717) is 0 Å². The molecule has 7 N–H and O–H groups in total. The number of aliphatic hydroxyl groups excluding tert-OH is 3. The van der Waals surface area contributed by atoms with E-state index in [-0.39, 0.29) is 13.1 Å². The Balaban J connectivity index is 3.69. The van der Waals surface area contributed by atoms with Gasteiger partial charge in [-0.2, -0.15) is 0 Å². The maximum atomic E-state index is 8.93. The van der Waals surface area contributed by atoms with Gasteiger partial charge in [-0.25, -0.2) is 0 Å². The van der Waals surface area contributed by atoms with E-state index in [2.05, 4.69) is 0 Å². The molecule has 62 valence electrons. The van der Waals surface area contributed by atoms with Gasteiger partial charge < -0.3 is 26.8 Å². The van der Waals surface area contributed by atoms with Gasteiger partial charge in [0.1, 0.15) is 6.10 Å². The van der Waals surface area contributed by atoms with Crippen LogP contribution in [0.1, 0.15) is 0 Å². The molecule has 0 aromatic carbocycles. The van der Waals surface area contributed by atoms with E-state index >= 15 is 0 Å². The molecule has 0 aromatic heterocycles. The van der Waals surface area contributed by atoms with Crippen molar-refractivity contribution in [2.75, 3.05) is 13.1 Å². The first kappa shape index (κ1) is 9.80. The summed E-state index contributed by atoms with van der Waals surface area (Å²) in [5.74, 6) is 0. The first-order valence-corrected chi connectivity index (χ1v) is 3.07. The molecule has 0 aromatic rings. The highest BCUT2D eigenvalue weighted by Gasteiger charge is 2.21. The van der Waals surface area contributed by atoms with Crippen LogP contribution in [-0.2, 0) is 0 Å². The van der Waals surface area contributed by atoms with Gasteiger partial charge in [0.15, 0.2) is 0 Å². The first-order valence-electron chi connectivity index (χ1n) is 3.07. The molecular weight excluding hydrogens is 136 g/mol. The molecule has 0 bridgehead atoms. The zero-order valence-corrected chi connectivity index (χ0v) is 5.64. The van der Waals surface area contributed by atoms with Crippen LogP contribution >= 0.6 is 0 Å². The van der Waals surface area contributed by atoms with E-state index in [0.717, 1.165) is 0 Å². The van der Waals surface area contributed by atoms with Crippen molar-refractivity contribution in [1.82, 2.24) is 0 Å². The number of rotatable bonds is 4. The van der Waals surface area contributed by atoms with Crippen molar-refractivity contribution in [3.8, 4) is 0 Å². The maximum absolute atomic E-state index is 8.93. The normalized spacial score (nSPS) is 17.4. The van der Waals surface area contributed by atoms with Gasteiger partial charge in [-0.3, -0.25) is 0 Å². The minimum absolute atomic E-state index is 0.0851. The Morgan fingerprint density at radius 2 is 1.20 bits per heavy atom. The number of nitrogens with two attached hydrogens (primary N) is 2. The zero-order valence-electron chi connectivity index (χ0n) is 5.64. The van der Waals surface area contributed by atoms with E-state index in [1.54, 1.807) is 0 Å². The lowest BCUT2D eigenvalue weighted by atomic mass is 10.1. The summed E-state index contributed by atoms with van der Waals surface area (Å²) in [6.07, 6.45) is -3.44. The molecular formula is C5H14N2O3. The third kappa shape index (κ3) is 2.59. The number of aliphatic hydroxyl groups is 3. The summed E-state index contributed by atoms with van der Waals surface area (Å²) < 4.78 is 0. The van der Waals surface area contributed by atoms with Crippen molar-refractivity contribution in [3.05, 3.63) is 0 Å². The number of hydrogen-bond donors (Lipinski definition) is 5. The molecule has 0 spiro atoms. The van der Waals surface area contributed by atoms with Crippen LogP contribution in [0.3, 0.4) is 0 Å². The van der Waals surface area contributed by atoms with Crippen LogP contribution in [0.25, 0.3) is 0 Å². The Kier molecular flexibility index (Phi) is 4.50. The zero-order chi connectivity index (χ0) is 8.15. The van der Waals surface area contributed by atoms with Gasteiger partial charge in [-0.15, -0.1) is 0 Å². The van der Waals surface area contributed by atoms with Gasteiger partial charge in [0.05, 0.1) is 12.2 Å². The van der Waals surface area contributed by atoms with E-state index in [9.17, 15) is 0 Å². The van der Waals surface area contributed by atoms with E-state index < -0.39 is 18.3 Å². The van der Waals surface area contributed by atoms with Crippen molar-refractivity contribution in [2.45, 2.75) is 18.3 Å². The second-order valence-corrected chi connectivity index (χ2v) is 2.10. The summed E-state index contributed by atoms with van der Waals surface area (Å²) in [7, 11) is 0. The van der Waals surface area contributed by atoms with Gasteiger partial charge in [0.25, 0.3) is 0 Å². The van der Waals surface area contributed by atoms with Crippen LogP contribution in [-0.4, -0.2) is 46.7 Å². The van der Waals surface area contributed by atoms with Crippen LogP contribution in [0, 0.1) is 0 Å². The van der Waals surface area contributed by atoms with Gasteiger partial charge in [0.2, 0.25) is 0 Å². The van der Waals surface area contributed by atoms with Crippen molar-refractivity contribution in [2.24, 2.45) is 11.5 Å². The smallest absolute Gasteiger partial charge is 0.108 e. The standard InChI is InChI=1S/C5H14N2O3/c6-1-3(8)5(10)4(9)2-7/h3-5,8-10H,1-2,6-7H2/t3-,4-/m0/s1. The van der Waals surface area contributed by atoms with Crippen molar-refractivity contribution < 1.29 is 15.3 Å². The molecule has 5 heteroatoms. The monoisotopic (exact) mass is 150 g/mol. The third-order valence-corrected chi connectivity index (χ3v) is 1.27. The molecule has 0 saturated carbocycles. The van der Waals surface area contributed by atoms with Gasteiger partial charge in [0, 0.05) is 13.1 Å². The Morgan fingerprint density at radius 3 is 1.40 bits per heavy atom. The average Bonchev–Trinajstić information content (AvgIpc) is 2.00. The Bertz CT molecular complexity index is 81.0.